The Hall–Kier alpha value is -0.240. The summed E-state index contributed by atoms with van der Waals surface area (Å²) in [5, 5.41) is 0.886. The van der Waals surface area contributed by atoms with Crippen LogP contribution >= 0.6 is 15.9 Å². The molecule has 8 heavy (non-hydrogen) atoms. The van der Waals surface area contributed by atoms with Crippen molar-refractivity contribution in [1.82, 2.24) is 0 Å². The highest BCUT2D eigenvalue weighted by Crippen LogP contribution is 1.84. The first-order valence-corrected chi connectivity index (χ1v) is 3.54. The van der Waals surface area contributed by atoms with Crippen molar-refractivity contribution in [3.63, 3.8) is 0 Å². The molecule has 0 radical (unpaired) electrons. The first-order valence-electron chi connectivity index (χ1n) is 2.42. The Kier molecular flexibility index (Phi) is 4.76. The highest BCUT2D eigenvalue weighted by Gasteiger charge is 1.68. The Morgan fingerprint density at radius 2 is 2.38 bits per heavy atom. The Morgan fingerprint density at radius 3 is 2.75 bits per heavy atom. The van der Waals surface area contributed by atoms with Gasteiger partial charge in [0.2, 0.25) is 0 Å². The van der Waals surface area contributed by atoms with Crippen LogP contribution in [0.15, 0.2) is 23.9 Å². The molecule has 0 aromatic carbocycles. The van der Waals surface area contributed by atoms with Crippen molar-refractivity contribution in [3.8, 4) is 0 Å². The van der Waals surface area contributed by atoms with Crippen molar-refractivity contribution in [1.29, 1.82) is 0 Å². The highest BCUT2D eigenvalue weighted by molar-refractivity contribution is 9.09. The second-order valence-electron chi connectivity index (χ2n) is 1.49. The summed E-state index contributed by atoms with van der Waals surface area (Å²) in [6, 6.07) is 0. The van der Waals surface area contributed by atoms with Gasteiger partial charge in [0.25, 0.3) is 0 Å². The summed E-state index contributed by atoms with van der Waals surface area (Å²) in [5.74, 6) is 0. The minimum atomic E-state index is 0.835. The Balaban J connectivity index is 3.42. The van der Waals surface area contributed by atoms with Crippen LogP contribution in [-0.4, -0.2) is 5.33 Å². The Morgan fingerprint density at radius 1 is 1.75 bits per heavy atom. The topological polar surface area (TPSA) is 26.0 Å². The predicted molar refractivity (Wildman–Crippen MR) is 40.9 cm³/mol. The van der Waals surface area contributed by atoms with E-state index in [1.165, 1.54) is 0 Å². The highest BCUT2D eigenvalue weighted by atomic mass is 79.9. The molecule has 46 valence electrons. The lowest BCUT2D eigenvalue weighted by Gasteiger charge is -1.80. The van der Waals surface area contributed by atoms with Gasteiger partial charge in [-0.05, 0) is 13.0 Å². The second-order valence-corrected chi connectivity index (χ2v) is 2.14. The summed E-state index contributed by atoms with van der Waals surface area (Å²) in [6.07, 6.45) is 5.77. The monoisotopic (exact) mass is 175 g/mol. The van der Waals surface area contributed by atoms with Gasteiger partial charge in [-0.15, -0.1) is 0 Å². The van der Waals surface area contributed by atoms with Gasteiger partial charge < -0.3 is 5.73 Å². The molecular formula is C6H10BrN. The molecular weight excluding hydrogens is 166 g/mol. The molecule has 0 heterocycles. The molecule has 2 N–H and O–H groups in total. The molecule has 0 fully saturated rings. The lowest BCUT2D eigenvalue weighted by atomic mass is 10.4. The molecule has 2 heteroatoms. The number of hydrogen-bond donors (Lipinski definition) is 1. The fraction of sp³-hybridized carbons (Fsp3) is 0.333. The largest absolute Gasteiger partial charge is 0.402 e. The second kappa shape index (κ2) is 4.91. The molecule has 1 nitrogen and oxygen atoms in total. The SMILES string of the molecule is C/C(N)=C/C=C\CBr. The zero-order chi connectivity index (χ0) is 6.41. The number of hydrogen-bond acceptors (Lipinski definition) is 1. The van der Waals surface area contributed by atoms with E-state index in [1.807, 2.05) is 25.2 Å². The molecule has 0 unspecified atom stereocenters. The van der Waals surface area contributed by atoms with Crippen LogP contribution in [0.25, 0.3) is 0 Å². The van der Waals surface area contributed by atoms with Gasteiger partial charge in [-0.1, -0.05) is 28.1 Å². The molecule has 0 saturated heterocycles. The van der Waals surface area contributed by atoms with E-state index in [1.54, 1.807) is 0 Å². The molecule has 0 spiro atoms. The minimum Gasteiger partial charge on any atom is -0.402 e. The summed E-state index contributed by atoms with van der Waals surface area (Å²) >= 11 is 3.24. The summed E-state index contributed by atoms with van der Waals surface area (Å²) in [5.41, 5.74) is 6.16. The van der Waals surface area contributed by atoms with E-state index in [2.05, 4.69) is 15.9 Å². The van der Waals surface area contributed by atoms with Crippen molar-refractivity contribution < 1.29 is 0 Å². The van der Waals surface area contributed by atoms with Gasteiger partial charge in [0.1, 0.15) is 0 Å². The maximum atomic E-state index is 5.33. The van der Waals surface area contributed by atoms with Crippen LogP contribution in [0.5, 0.6) is 0 Å². The molecule has 0 aromatic rings. The molecule has 0 aromatic heterocycles. The summed E-state index contributed by atoms with van der Waals surface area (Å²) in [6.45, 7) is 1.86. The zero-order valence-electron chi connectivity index (χ0n) is 4.89. The van der Waals surface area contributed by atoms with Crippen molar-refractivity contribution in [2.45, 2.75) is 6.92 Å². The number of allylic oxidation sites excluding steroid dienone is 4. The van der Waals surface area contributed by atoms with E-state index in [-0.39, 0.29) is 0 Å². The lowest BCUT2D eigenvalue weighted by Crippen LogP contribution is -1.87. The fourth-order valence-corrected chi connectivity index (χ4v) is 0.487. The molecule has 0 saturated carbocycles. The van der Waals surface area contributed by atoms with E-state index in [0.29, 0.717) is 0 Å². The van der Waals surface area contributed by atoms with Crippen LogP contribution in [-0.2, 0) is 0 Å². The third kappa shape index (κ3) is 5.76. The quantitative estimate of drug-likeness (QED) is 0.503. The first-order chi connectivity index (χ1) is 3.77. The number of nitrogens with two attached hydrogens (primary N) is 1. The number of halogens is 1. The van der Waals surface area contributed by atoms with Gasteiger partial charge >= 0.3 is 0 Å². The van der Waals surface area contributed by atoms with E-state index in [9.17, 15) is 0 Å². The Bertz CT molecular complexity index is 101. The molecule has 0 bridgehead atoms. The van der Waals surface area contributed by atoms with Gasteiger partial charge in [0, 0.05) is 11.0 Å². The normalized spacial score (nSPS) is 13.0. The summed E-state index contributed by atoms with van der Waals surface area (Å²) in [7, 11) is 0. The molecule has 0 aliphatic carbocycles. The molecule has 0 amide bonds. The fourth-order valence-electron chi connectivity index (χ4n) is 0.271. The van der Waals surface area contributed by atoms with E-state index >= 15 is 0 Å². The van der Waals surface area contributed by atoms with Crippen molar-refractivity contribution >= 4 is 15.9 Å². The standard InChI is InChI=1S/C6H10BrN/c1-6(8)4-2-3-5-7/h2-4H,5,8H2,1H3/b3-2-,6-4-. The Labute approximate surface area is 58.4 Å². The molecule has 0 rings (SSSR count). The average molecular weight is 176 g/mol. The van der Waals surface area contributed by atoms with Gasteiger partial charge in [-0.3, -0.25) is 0 Å². The van der Waals surface area contributed by atoms with Crippen LogP contribution < -0.4 is 5.73 Å². The maximum Gasteiger partial charge on any atom is 0.0215 e. The maximum absolute atomic E-state index is 5.33. The molecule has 0 atom stereocenters. The van der Waals surface area contributed by atoms with E-state index < -0.39 is 0 Å². The zero-order valence-corrected chi connectivity index (χ0v) is 6.48. The minimum absolute atomic E-state index is 0.835. The van der Waals surface area contributed by atoms with Crippen LogP contribution in [0.4, 0.5) is 0 Å². The molecule has 0 aliphatic heterocycles. The smallest absolute Gasteiger partial charge is 0.0215 e. The van der Waals surface area contributed by atoms with Gasteiger partial charge in [0.15, 0.2) is 0 Å². The lowest BCUT2D eigenvalue weighted by molar-refractivity contribution is 1.32. The summed E-state index contributed by atoms with van der Waals surface area (Å²) in [4.78, 5) is 0. The van der Waals surface area contributed by atoms with Gasteiger partial charge in [-0.25, -0.2) is 0 Å². The van der Waals surface area contributed by atoms with Crippen molar-refractivity contribution in [2.24, 2.45) is 5.73 Å². The van der Waals surface area contributed by atoms with Crippen LogP contribution in [0.2, 0.25) is 0 Å². The van der Waals surface area contributed by atoms with Crippen LogP contribution in [0.1, 0.15) is 6.92 Å². The summed E-state index contributed by atoms with van der Waals surface area (Å²) < 4.78 is 0. The van der Waals surface area contributed by atoms with E-state index in [0.717, 1.165) is 11.0 Å². The third-order valence-electron chi connectivity index (χ3n) is 0.584. The number of alkyl halides is 1. The van der Waals surface area contributed by atoms with E-state index in [4.69, 9.17) is 5.73 Å². The predicted octanol–water partition coefficient (Wildman–Crippen LogP) is 1.80. The van der Waals surface area contributed by atoms with Crippen molar-refractivity contribution in [3.05, 3.63) is 23.9 Å². The first kappa shape index (κ1) is 7.76. The average Bonchev–Trinajstić information content (AvgIpc) is 1.66. The van der Waals surface area contributed by atoms with Gasteiger partial charge in [-0.2, -0.15) is 0 Å². The van der Waals surface area contributed by atoms with Crippen LogP contribution in [0.3, 0.4) is 0 Å². The van der Waals surface area contributed by atoms with Gasteiger partial charge in [0.05, 0.1) is 0 Å². The van der Waals surface area contributed by atoms with Crippen molar-refractivity contribution in [2.75, 3.05) is 5.33 Å². The number of rotatable bonds is 2. The van der Waals surface area contributed by atoms with Crippen LogP contribution in [0, 0.1) is 0 Å². The third-order valence-corrected chi connectivity index (χ3v) is 0.958. The molecule has 0 aliphatic rings.